The summed E-state index contributed by atoms with van der Waals surface area (Å²) in [4.78, 5) is 11.8. The summed E-state index contributed by atoms with van der Waals surface area (Å²) in [6.45, 7) is 2.93. The van der Waals surface area contributed by atoms with Crippen LogP contribution < -0.4 is 15.4 Å². The smallest absolute Gasteiger partial charge is 0.319 e. The lowest BCUT2D eigenvalue weighted by atomic mass is 10.1. The summed E-state index contributed by atoms with van der Waals surface area (Å²) >= 11 is 1.54. The third kappa shape index (κ3) is 5.05. The Morgan fingerprint density at radius 2 is 2.09 bits per heavy atom. The van der Waals surface area contributed by atoms with E-state index in [-0.39, 0.29) is 6.03 Å². The number of anilines is 1. The van der Waals surface area contributed by atoms with Gasteiger partial charge in [0.05, 0.1) is 12.7 Å². The summed E-state index contributed by atoms with van der Waals surface area (Å²) in [6, 6.07) is 8.77. The van der Waals surface area contributed by atoms with Gasteiger partial charge >= 0.3 is 6.03 Å². The van der Waals surface area contributed by atoms with Crippen molar-refractivity contribution in [1.82, 2.24) is 5.32 Å². The third-order valence-electron chi connectivity index (χ3n) is 3.05. The molecule has 0 aliphatic rings. The van der Waals surface area contributed by atoms with Crippen molar-refractivity contribution >= 4 is 23.1 Å². The van der Waals surface area contributed by atoms with Crippen LogP contribution in [-0.2, 0) is 0 Å². The van der Waals surface area contributed by atoms with E-state index in [1.54, 1.807) is 35.6 Å². The summed E-state index contributed by atoms with van der Waals surface area (Å²) < 4.78 is 5.34. The van der Waals surface area contributed by atoms with Crippen LogP contribution in [0.15, 0.2) is 41.1 Å². The molecule has 1 aromatic carbocycles. The monoisotopic (exact) mass is 320 g/mol. The molecule has 1 atom stereocenters. The van der Waals surface area contributed by atoms with E-state index in [9.17, 15) is 9.90 Å². The lowest BCUT2D eigenvalue weighted by Gasteiger charge is -2.11. The average Bonchev–Trinajstić information content (AvgIpc) is 3.04. The average molecular weight is 320 g/mol. The number of hydrogen-bond donors (Lipinski definition) is 3. The van der Waals surface area contributed by atoms with E-state index >= 15 is 0 Å². The van der Waals surface area contributed by atoms with E-state index in [1.165, 1.54) is 0 Å². The molecule has 0 spiro atoms. The van der Waals surface area contributed by atoms with Crippen molar-refractivity contribution in [3.63, 3.8) is 0 Å². The van der Waals surface area contributed by atoms with Crippen molar-refractivity contribution in [2.45, 2.75) is 19.4 Å². The highest BCUT2D eigenvalue weighted by Crippen LogP contribution is 2.18. The van der Waals surface area contributed by atoms with Crippen LogP contribution in [0.25, 0.3) is 0 Å². The van der Waals surface area contributed by atoms with E-state index in [0.29, 0.717) is 25.3 Å². The first-order chi connectivity index (χ1) is 10.7. The molecular weight excluding hydrogens is 300 g/mol. The molecule has 1 heterocycles. The van der Waals surface area contributed by atoms with E-state index < -0.39 is 6.10 Å². The Labute approximate surface area is 133 Å². The summed E-state index contributed by atoms with van der Waals surface area (Å²) in [6.07, 6.45) is -0.0648. The minimum absolute atomic E-state index is 0.290. The minimum Gasteiger partial charge on any atom is -0.494 e. The van der Waals surface area contributed by atoms with Gasteiger partial charge in [-0.25, -0.2) is 4.79 Å². The second-order valence-corrected chi connectivity index (χ2v) is 5.48. The van der Waals surface area contributed by atoms with Crippen LogP contribution in [0.2, 0.25) is 0 Å². The fourth-order valence-corrected chi connectivity index (χ4v) is 2.64. The highest BCUT2D eigenvalue weighted by Gasteiger charge is 2.08. The summed E-state index contributed by atoms with van der Waals surface area (Å²) in [5.41, 5.74) is 1.58. The van der Waals surface area contributed by atoms with Crippen LogP contribution >= 0.6 is 11.3 Å². The zero-order valence-electron chi connectivity index (χ0n) is 12.4. The molecule has 0 radical (unpaired) electrons. The zero-order chi connectivity index (χ0) is 15.8. The molecule has 1 aromatic heterocycles. The van der Waals surface area contributed by atoms with Gasteiger partial charge < -0.3 is 20.5 Å². The molecule has 0 aliphatic carbocycles. The molecular formula is C16H20N2O3S. The first-order valence-electron chi connectivity index (χ1n) is 7.17. The maximum Gasteiger partial charge on any atom is 0.319 e. The molecule has 5 nitrogen and oxygen atoms in total. The maximum absolute atomic E-state index is 11.8. The number of aliphatic hydroxyl groups excluding tert-OH is 1. The second-order valence-electron chi connectivity index (χ2n) is 4.70. The fraction of sp³-hybridized carbons (Fsp3) is 0.312. The number of aliphatic hydroxyl groups is 1. The Balaban J connectivity index is 1.71. The molecule has 6 heteroatoms. The van der Waals surface area contributed by atoms with Crippen molar-refractivity contribution in [2.75, 3.05) is 18.5 Å². The van der Waals surface area contributed by atoms with E-state index in [0.717, 1.165) is 11.3 Å². The molecule has 2 rings (SSSR count). The van der Waals surface area contributed by atoms with Crippen molar-refractivity contribution in [1.29, 1.82) is 0 Å². The van der Waals surface area contributed by atoms with Crippen LogP contribution in [-0.4, -0.2) is 24.3 Å². The number of thiophene rings is 1. The van der Waals surface area contributed by atoms with Gasteiger partial charge in [0.1, 0.15) is 5.75 Å². The lowest BCUT2D eigenvalue weighted by Crippen LogP contribution is -2.30. The molecule has 1 unspecified atom stereocenters. The number of carbonyl (C=O) groups is 1. The number of benzene rings is 1. The van der Waals surface area contributed by atoms with Gasteiger partial charge in [-0.15, -0.1) is 0 Å². The van der Waals surface area contributed by atoms with Gasteiger partial charge in [-0.1, -0.05) is 0 Å². The van der Waals surface area contributed by atoms with E-state index in [2.05, 4.69) is 10.6 Å². The lowest BCUT2D eigenvalue weighted by molar-refractivity contribution is 0.168. The number of ether oxygens (including phenoxy) is 1. The van der Waals surface area contributed by atoms with Crippen LogP contribution in [0.5, 0.6) is 5.75 Å². The third-order valence-corrected chi connectivity index (χ3v) is 3.76. The molecule has 2 amide bonds. The second kappa shape index (κ2) is 8.41. The Bertz CT molecular complexity index is 570. The van der Waals surface area contributed by atoms with Gasteiger partial charge in [-0.3, -0.25) is 0 Å². The minimum atomic E-state index is -0.544. The highest BCUT2D eigenvalue weighted by atomic mass is 32.1. The summed E-state index contributed by atoms with van der Waals surface area (Å²) in [5.74, 6) is 0.771. The molecule has 0 aliphatic heterocycles. The number of amides is 2. The van der Waals surface area contributed by atoms with Gasteiger partial charge in [0, 0.05) is 12.2 Å². The van der Waals surface area contributed by atoms with Crippen molar-refractivity contribution in [3.8, 4) is 5.75 Å². The molecule has 3 N–H and O–H groups in total. The van der Waals surface area contributed by atoms with Gasteiger partial charge in [0.15, 0.2) is 0 Å². The standard InChI is InChI=1S/C16H20N2O3S/c1-2-21-14-5-3-13(4-6-14)18-16(20)17-9-7-15(19)12-8-10-22-11-12/h3-6,8,10-11,15,19H,2,7,9H2,1H3,(H2,17,18,20). The van der Waals surface area contributed by atoms with Crippen LogP contribution in [0, 0.1) is 0 Å². The summed E-state index contributed by atoms with van der Waals surface area (Å²) in [7, 11) is 0. The maximum atomic E-state index is 11.8. The molecule has 0 bridgehead atoms. The SMILES string of the molecule is CCOc1ccc(NC(=O)NCCC(O)c2ccsc2)cc1. The first kappa shape index (κ1) is 16.3. The molecule has 0 saturated carbocycles. The Morgan fingerprint density at radius 3 is 2.73 bits per heavy atom. The number of urea groups is 1. The number of carbonyl (C=O) groups excluding carboxylic acids is 1. The summed E-state index contributed by atoms with van der Waals surface area (Å²) in [5, 5.41) is 19.2. The van der Waals surface area contributed by atoms with E-state index in [4.69, 9.17) is 4.74 Å². The molecule has 2 aromatic rings. The van der Waals surface area contributed by atoms with Crippen LogP contribution in [0.3, 0.4) is 0 Å². The highest BCUT2D eigenvalue weighted by molar-refractivity contribution is 7.07. The topological polar surface area (TPSA) is 70.6 Å². The molecule has 0 fully saturated rings. The van der Waals surface area contributed by atoms with E-state index in [1.807, 2.05) is 23.8 Å². The Kier molecular flexibility index (Phi) is 6.24. The Hall–Kier alpha value is -2.05. The largest absolute Gasteiger partial charge is 0.494 e. The zero-order valence-corrected chi connectivity index (χ0v) is 13.2. The number of nitrogens with one attached hydrogen (secondary N) is 2. The number of rotatable bonds is 7. The Morgan fingerprint density at radius 1 is 1.32 bits per heavy atom. The van der Waals surface area contributed by atoms with Gasteiger partial charge in [-0.2, -0.15) is 11.3 Å². The van der Waals surface area contributed by atoms with Crippen LogP contribution in [0.4, 0.5) is 10.5 Å². The number of hydrogen-bond acceptors (Lipinski definition) is 4. The van der Waals surface area contributed by atoms with Gasteiger partial charge in [0.25, 0.3) is 0 Å². The quantitative estimate of drug-likeness (QED) is 0.732. The first-order valence-corrected chi connectivity index (χ1v) is 8.11. The van der Waals surface area contributed by atoms with Crippen molar-refractivity contribution in [2.24, 2.45) is 0 Å². The molecule has 0 saturated heterocycles. The van der Waals surface area contributed by atoms with Crippen LogP contribution in [0.1, 0.15) is 25.0 Å². The van der Waals surface area contributed by atoms with Crippen molar-refractivity contribution in [3.05, 3.63) is 46.7 Å². The predicted molar refractivity (Wildman–Crippen MR) is 88.5 cm³/mol. The molecule has 22 heavy (non-hydrogen) atoms. The molecule has 118 valence electrons. The van der Waals surface area contributed by atoms with Gasteiger partial charge in [0.2, 0.25) is 0 Å². The van der Waals surface area contributed by atoms with Crippen molar-refractivity contribution < 1.29 is 14.6 Å². The fourth-order valence-electron chi connectivity index (χ4n) is 1.93. The normalized spacial score (nSPS) is 11.7. The predicted octanol–water partition coefficient (Wildman–Crippen LogP) is 3.39. The van der Waals surface area contributed by atoms with Gasteiger partial charge in [-0.05, 0) is 60.0 Å².